The molecule has 158 valence electrons. The van der Waals surface area contributed by atoms with E-state index in [0.29, 0.717) is 0 Å². The number of anilines is 1. The second kappa shape index (κ2) is 9.17. The monoisotopic (exact) mass is 410 g/mol. The number of nitrogens with one attached hydrogen (secondary N) is 1. The van der Waals surface area contributed by atoms with Crippen LogP contribution in [0.5, 0.6) is 0 Å². The lowest BCUT2D eigenvalue weighted by atomic mass is 9.96. The third kappa shape index (κ3) is 4.24. The molecule has 1 fully saturated rings. The zero-order valence-corrected chi connectivity index (χ0v) is 18.3. The molecule has 1 aromatic heterocycles. The van der Waals surface area contributed by atoms with Gasteiger partial charge in [0.25, 0.3) is 0 Å². The third-order valence-electron chi connectivity index (χ3n) is 6.06. The quantitative estimate of drug-likeness (QED) is 0.509. The molecule has 0 saturated heterocycles. The van der Waals surface area contributed by atoms with Crippen LogP contribution in [0.3, 0.4) is 0 Å². The molecule has 1 aliphatic carbocycles. The van der Waals surface area contributed by atoms with Crippen molar-refractivity contribution in [2.75, 3.05) is 5.32 Å². The minimum atomic E-state index is 0.765. The molecule has 4 rings (SSSR count). The molecule has 2 heterocycles. The van der Waals surface area contributed by atoms with Gasteiger partial charge in [0.15, 0.2) is 0 Å². The zero-order chi connectivity index (χ0) is 21.8. The highest BCUT2D eigenvalue weighted by Gasteiger charge is 2.23. The van der Waals surface area contributed by atoms with Crippen LogP contribution in [0.1, 0.15) is 55.0 Å². The van der Waals surface area contributed by atoms with Gasteiger partial charge in [0.1, 0.15) is 11.5 Å². The number of hydrogen-bond acceptors (Lipinski definition) is 3. The van der Waals surface area contributed by atoms with Crippen LogP contribution >= 0.6 is 0 Å². The van der Waals surface area contributed by atoms with Crippen LogP contribution in [-0.2, 0) is 6.42 Å². The third-order valence-corrected chi connectivity index (χ3v) is 6.06. The summed E-state index contributed by atoms with van der Waals surface area (Å²) < 4.78 is 1.82. The van der Waals surface area contributed by atoms with Gasteiger partial charge in [0, 0.05) is 17.5 Å². The second-order valence-electron chi connectivity index (χ2n) is 8.14. The Balaban J connectivity index is 1.61. The number of allylic oxidation sites excluding steroid dienone is 4. The van der Waals surface area contributed by atoms with Gasteiger partial charge >= 0.3 is 0 Å². The molecular formula is C27H30N4. The van der Waals surface area contributed by atoms with E-state index in [0.717, 1.165) is 45.6 Å². The van der Waals surface area contributed by atoms with E-state index in [2.05, 4.69) is 54.3 Å². The molecule has 1 aliphatic heterocycles. The summed E-state index contributed by atoms with van der Waals surface area (Å²) in [6, 6.07) is 8.91. The predicted molar refractivity (Wildman–Crippen MR) is 134 cm³/mol. The molecule has 1 aromatic carbocycles. The van der Waals surface area contributed by atoms with Gasteiger partial charge < -0.3 is 5.32 Å². The summed E-state index contributed by atoms with van der Waals surface area (Å²) in [4.78, 5) is 4.46. The lowest BCUT2D eigenvalue weighted by Gasteiger charge is -2.20. The molecule has 0 spiro atoms. The normalized spacial score (nSPS) is 16.9. The van der Waals surface area contributed by atoms with E-state index in [-0.39, 0.29) is 0 Å². The summed E-state index contributed by atoms with van der Waals surface area (Å²) in [5.74, 6) is 1.71. The molecule has 0 bridgehead atoms. The highest BCUT2D eigenvalue weighted by Crippen LogP contribution is 2.36. The Labute approximate surface area is 185 Å². The van der Waals surface area contributed by atoms with Crippen LogP contribution in [0.2, 0.25) is 0 Å². The minimum absolute atomic E-state index is 0.765. The fourth-order valence-electron chi connectivity index (χ4n) is 4.46. The molecule has 4 heteroatoms. The van der Waals surface area contributed by atoms with Gasteiger partial charge in [-0.05, 0) is 36.5 Å². The van der Waals surface area contributed by atoms with E-state index in [9.17, 15) is 0 Å². The van der Waals surface area contributed by atoms with Crippen molar-refractivity contribution in [1.29, 1.82) is 0 Å². The van der Waals surface area contributed by atoms with Crippen molar-refractivity contribution >= 4 is 35.2 Å². The average Bonchev–Trinajstić information content (AvgIpc) is 3.42. The van der Waals surface area contributed by atoms with E-state index >= 15 is 0 Å². The Kier molecular flexibility index (Phi) is 6.17. The summed E-state index contributed by atoms with van der Waals surface area (Å²) in [5.41, 5.74) is 6.80. The van der Waals surface area contributed by atoms with Crippen LogP contribution in [0, 0.1) is 5.92 Å². The molecule has 2 aliphatic rings. The van der Waals surface area contributed by atoms with Crippen LogP contribution in [0.15, 0.2) is 67.2 Å². The summed E-state index contributed by atoms with van der Waals surface area (Å²) in [6.45, 7) is 13.9. The molecule has 0 unspecified atom stereocenters. The van der Waals surface area contributed by atoms with E-state index in [4.69, 9.17) is 5.10 Å². The summed E-state index contributed by atoms with van der Waals surface area (Å²) in [7, 11) is 0. The molecule has 0 atom stereocenters. The topological polar surface area (TPSA) is 42.2 Å². The lowest BCUT2D eigenvalue weighted by molar-refractivity contribution is 0.546. The molecule has 0 radical (unpaired) electrons. The molecule has 31 heavy (non-hydrogen) atoms. The van der Waals surface area contributed by atoms with Crippen LogP contribution < -0.4 is 5.32 Å². The number of rotatable bonds is 7. The van der Waals surface area contributed by atoms with E-state index in [1.165, 1.54) is 37.7 Å². The first kappa shape index (κ1) is 20.9. The Morgan fingerprint density at radius 3 is 2.61 bits per heavy atom. The van der Waals surface area contributed by atoms with Crippen LogP contribution in [-0.4, -0.2) is 16.0 Å². The van der Waals surface area contributed by atoms with Gasteiger partial charge in [0.05, 0.1) is 11.4 Å². The predicted octanol–water partition coefficient (Wildman–Crippen LogP) is 6.81. The number of fused-ring (bicyclic) bond motifs is 1. The highest BCUT2D eigenvalue weighted by atomic mass is 15.4. The first-order chi connectivity index (χ1) is 15.1. The van der Waals surface area contributed by atoms with Gasteiger partial charge in [-0.1, -0.05) is 87.9 Å². The highest BCUT2D eigenvalue weighted by molar-refractivity contribution is 5.92. The fraction of sp³-hybridized carbons (Fsp3) is 0.259. The first-order valence-electron chi connectivity index (χ1n) is 11.0. The largest absolute Gasteiger partial charge is 0.339 e. The van der Waals surface area contributed by atoms with Crippen molar-refractivity contribution in [3.05, 3.63) is 84.6 Å². The average molecular weight is 411 g/mol. The first-order valence-corrected chi connectivity index (χ1v) is 11.0. The maximum atomic E-state index is 4.75. The van der Waals surface area contributed by atoms with Crippen molar-refractivity contribution in [2.45, 2.75) is 39.0 Å². The molecule has 4 nitrogen and oxygen atoms in total. The zero-order valence-electron chi connectivity index (χ0n) is 18.3. The maximum Gasteiger partial charge on any atom is 0.142 e. The second-order valence-corrected chi connectivity index (χ2v) is 8.14. The van der Waals surface area contributed by atoms with Gasteiger partial charge in [-0.2, -0.15) is 5.10 Å². The Hall–Kier alpha value is -3.40. The molecule has 0 amide bonds. The maximum absolute atomic E-state index is 4.75. The van der Waals surface area contributed by atoms with Crippen molar-refractivity contribution in [3.63, 3.8) is 0 Å². The molecule has 1 saturated carbocycles. The van der Waals surface area contributed by atoms with Crippen molar-refractivity contribution in [1.82, 2.24) is 9.78 Å². The van der Waals surface area contributed by atoms with Gasteiger partial charge in [-0.25, -0.2) is 4.68 Å². The minimum Gasteiger partial charge on any atom is -0.339 e. The Bertz CT molecular complexity index is 1090. The van der Waals surface area contributed by atoms with Crippen molar-refractivity contribution in [2.24, 2.45) is 10.9 Å². The number of hydrogen-bond donors (Lipinski definition) is 1. The van der Waals surface area contributed by atoms with E-state index < -0.39 is 0 Å². The molecule has 1 N–H and O–H groups in total. The van der Waals surface area contributed by atoms with Crippen molar-refractivity contribution < 1.29 is 0 Å². The SMILES string of the molecule is C=CC=N/C(=C\C)c1nn2c(c1C=C)NC(c1ccc(CC3CCCC3)cc1)=CC2=C. The summed E-state index contributed by atoms with van der Waals surface area (Å²) >= 11 is 0. The Morgan fingerprint density at radius 1 is 1.23 bits per heavy atom. The van der Waals surface area contributed by atoms with Crippen molar-refractivity contribution in [3.8, 4) is 0 Å². The Morgan fingerprint density at radius 2 is 1.97 bits per heavy atom. The van der Waals surface area contributed by atoms with E-state index in [1.54, 1.807) is 12.3 Å². The number of aliphatic imine (C=N–C) groups is 1. The standard InChI is InChI=1S/C27H30N4/c1-5-16-28-24(7-3)26-23(6-2)27-29-25(17-19(4)31(27)30-26)22-14-12-21(13-15-22)18-20-10-8-9-11-20/h5-7,12-17,20,29H,1-2,4,8-11,18H2,3H3/b24-7-,28-16?. The van der Waals surface area contributed by atoms with E-state index in [1.807, 2.05) is 29.8 Å². The lowest BCUT2D eigenvalue weighted by Crippen LogP contribution is -2.12. The number of nitrogens with zero attached hydrogens (tertiary/aromatic N) is 3. The number of benzene rings is 1. The van der Waals surface area contributed by atoms with Crippen LogP contribution in [0.4, 0.5) is 5.82 Å². The van der Waals surface area contributed by atoms with Gasteiger partial charge in [-0.3, -0.25) is 4.99 Å². The summed E-state index contributed by atoms with van der Waals surface area (Å²) in [6.07, 6.45) is 15.8. The van der Waals surface area contributed by atoms with Crippen LogP contribution in [0.25, 0.3) is 23.2 Å². The summed E-state index contributed by atoms with van der Waals surface area (Å²) in [5, 5.41) is 8.29. The molecular weight excluding hydrogens is 380 g/mol. The van der Waals surface area contributed by atoms with Gasteiger partial charge in [-0.15, -0.1) is 0 Å². The smallest absolute Gasteiger partial charge is 0.142 e. The fourth-order valence-corrected chi connectivity index (χ4v) is 4.46. The molecule has 2 aromatic rings. The number of aromatic nitrogens is 2. The van der Waals surface area contributed by atoms with Gasteiger partial charge in [0.2, 0.25) is 0 Å².